The molecule has 1 rings (SSSR count). The third kappa shape index (κ3) is 2.72. The van der Waals surface area contributed by atoms with Crippen molar-refractivity contribution >= 4 is 11.7 Å². The zero-order chi connectivity index (χ0) is 12.3. The van der Waals surface area contributed by atoms with Gasteiger partial charge in [0.15, 0.2) is 0 Å². The minimum absolute atomic E-state index is 0.0894. The maximum atomic E-state index is 7.47. The lowest BCUT2D eigenvalue weighted by molar-refractivity contribution is 0.692. The van der Waals surface area contributed by atoms with Crippen LogP contribution >= 0.6 is 0 Å². The first kappa shape index (κ1) is 12.5. The van der Waals surface area contributed by atoms with Gasteiger partial charge in [-0.3, -0.25) is 5.41 Å². The first-order chi connectivity index (χ1) is 7.45. The molecule has 0 aliphatic rings. The van der Waals surface area contributed by atoms with Gasteiger partial charge in [0.25, 0.3) is 0 Å². The number of hydrogen-bond donors (Lipinski definition) is 2. The van der Waals surface area contributed by atoms with Crippen molar-refractivity contribution in [3.8, 4) is 0 Å². The van der Waals surface area contributed by atoms with Gasteiger partial charge in [0.05, 0.1) is 0 Å². The summed E-state index contributed by atoms with van der Waals surface area (Å²) in [5.41, 5.74) is 7.13. The Morgan fingerprint density at radius 1 is 1.50 bits per heavy atom. The molecule has 0 aromatic carbocycles. The number of nitrogens with zero attached hydrogens (tertiary/aromatic N) is 2. The van der Waals surface area contributed by atoms with E-state index >= 15 is 0 Å². The van der Waals surface area contributed by atoms with Crippen LogP contribution in [0.15, 0.2) is 12.1 Å². The summed E-state index contributed by atoms with van der Waals surface area (Å²) in [6.07, 6.45) is 0. The van der Waals surface area contributed by atoms with Gasteiger partial charge in [-0.2, -0.15) is 0 Å². The molecule has 0 amide bonds. The van der Waals surface area contributed by atoms with Crippen LogP contribution < -0.4 is 10.6 Å². The summed E-state index contributed by atoms with van der Waals surface area (Å²) in [4.78, 5) is 6.66. The zero-order valence-corrected chi connectivity index (χ0v) is 10.4. The van der Waals surface area contributed by atoms with Crippen LogP contribution in [0.5, 0.6) is 0 Å². The zero-order valence-electron chi connectivity index (χ0n) is 10.4. The number of hydrogen-bond acceptors (Lipinski definition) is 3. The number of pyridine rings is 1. The Morgan fingerprint density at radius 3 is 2.56 bits per heavy atom. The normalized spacial score (nSPS) is 10.6. The highest BCUT2D eigenvalue weighted by molar-refractivity contribution is 5.95. The second kappa shape index (κ2) is 4.96. The van der Waals surface area contributed by atoms with Crippen molar-refractivity contribution in [3.05, 3.63) is 23.4 Å². The molecule has 0 bridgehead atoms. The Morgan fingerprint density at radius 2 is 2.12 bits per heavy atom. The smallest absolute Gasteiger partial charge is 0.129 e. The standard InChI is InChI=1S/C12H20N4/c1-5-16(8(2)3)11-7-10(12(13)14)6-9(4)15-11/h6-8H,5H2,1-4H3,(H3,13,14). The number of rotatable bonds is 4. The van der Waals surface area contributed by atoms with Crippen molar-refractivity contribution in [2.45, 2.75) is 33.7 Å². The second-order valence-corrected chi connectivity index (χ2v) is 4.15. The molecule has 1 aromatic heterocycles. The van der Waals surface area contributed by atoms with Crippen LogP contribution in [-0.4, -0.2) is 23.4 Å². The molecule has 0 saturated heterocycles. The van der Waals surface area contributed by atoms with Gasteiger partial charge in [0.1, 0.15) is 11.7 Å². The van der Waals surface area contributed by atoms with Crippen molar-refractivity contribution in [1.29, 1.82) is 5.41 Å². The van der Waals surface area contributed by atoms with Gasteiger partial charge in [-0.15, -0.1) is 0 Å². The van der Waals surface area contributed by atoms with Gasteiger partial charge in [-0.05, 0) is 39.8 Å². The number of nitrogens with two attached hydrogens (primary N) is 1. The molecule has 0 unspecified atom stereocenters. The Kier molecular flexibility index (Phi) is 3.88. The summed E-state index contributed by atoms with van der Waals surface area (Å²) in [7, 11) is 0. The molecular weight excluding hydrogens is 200 g/mol. The van der Waals surface area contributed by atoms with Crippen LogP contribution in [0.2, 0.25) is 0 Å². The van der Waals surface area contributed by atoms with Gasteiger partial charge in [0.2, 0.25) is 0 Å². The summed E-state index contributed by atoms with van der Waals surface area (Å²) >= 11 is 0. The number of aromatic nitrogens is 1. The largest absolute Gasteiger partial charge is 0.384 e. The molecule has 3 N–H and O–H groups in total. The van der Waals surface area contributed by atoms with Crippen molar-refractivity contribution in [1.82, 2.24) is 4.98 Å². The van der Waals surface area contributed by atoms with E-state index < -0.39 is 0 Å². The maximum Gasteiger partial charge on any atom is 0.129 e. The van der Waals surface area contributed by atoms with Crippen molar-refractivity contribution in [2.75, 3.05) is 11.4 Å². The molecule has 0 fully saturated rings. The van der Waals surface area contributed by atoms with E-state index in [1.807, 2.05) is 19.1 Å². The molecule has 4 heteroatoms. The molecule has 1 aromatic rings. The van der Waals surface area contributed by atoms with E-state index in [4.69, 9.17) is 11.1 Å². The van der Waals surface area contributed by atoms with E-state index in [9.17, 15) is 0 Å². The van der Waals surface area contributed by atoms with E-state index in [2.05, 4.69) is 30.7 Å². The van der Waals surface area contributed by atoms with E-state index in [0.29, 0.717) is 6.04 Å². The van der Waals surface area contributed by atoms with E-state index in [-0.39, 0.29) is 5.84 Å². The van der Waals surface area contributed by atoms with Gasteiger partial charge in [-0.1, -0.05) is 0 Å². The van der Waals surface area contributed by atoms with Gasteiger partial charge in [0, 0.05) is 23.8 Å². The van der Waals surface area contributed by atoms with Crippen LogP contribution in [0.1, 0.15) is 32.0 Å². The minimum Gasteiger partial charge on any atom is -0.384 e. The maximum absolute atomic E-state index is 7.47. The van der Waals surface area contributed by atoms with Crippen LogP contribution in [0.25, 0.3) is 0 Å². The molecule has 16 heavy (non-hydrogen) atoms. The SMILES string of the molecule is CCN(c1cc(C(=N)N)cc(C)n1)C(C)C. The summed E-state index contributed by atoms with van der Waals surface area (Å²) in [5, 5.41) is 7.47. The first-order valence-electron chi connectivity index (χ1n) is 5.55. The molecule has 1 heterocycles. The molecule has 0 atom stereocenters. The lowest BCUT2D eigenvalue weighted by Gasteiger charge is -2.27. The summed E-state index contributed by atoms with van der Waals surface area (Å²) in [6.45, 7) is 9.16. The van der Waals surface area contributed by atoms with E-state index in [0.717, 1.165) is 23.6 Å². The summed E-state index contributed by atoms with van der Waals surface area (Å²) < 4.78 is 0. The first-order valence-corrected chi connectivity index (χ1v) is 5.55. The Bertz CT molecular complexity index is 385. The molecule has 0 aliphatic heterocycles. The van der Waals surface area contributed by atoms with Crippen LogP contribution in [0.4, 0.5) is 5.82 Å². The fourth-order valence-electron chi connectivity index (χ4n) is 1.75. The molecule has 0 radical (unpaired) electrons. The van der Waals surface area contributed by atoms with Gasteiger partial charge >= 0.3 is 0 Å². The Labute approximate surface area is 97.0 Å². The number of amidine groups is 1. The highest BCUT2D eigenvalue weighted by atomic mass is 15.2. The highest BCUT2D eigenvalue weighted by Gasteiger charge is 2.11. The molecule has 0 aliphatic carbocycles. The summed E-state index contributed by atoms with van der Waals surface area (Å²) in [5.74, 6) is 0.981. The van der Waals surface area contributed by atoms with Gasteiger partial charge < -0.3 is 10.6 Å². The lowest BCUT2D eigenvalue weighted by atomic mass is 10.2. The van der Waals surface area contributed by atoms with Gasteiger partial charge in [-0.25, -0.2) is 4.98 Å². The Balaban J connectivity index is 3.17. The van der Waals surface area contributed by atoms with Crippen molar-refractivity contribution < 1.29 is 0 Å². The van der Waals surface area contributed by atoms with Crippen LogP contribution in [-0.2, 0) is 0 Å². The highest BCUT2D eigenvalue weighted by Crippen LogP contribution is 2.16. The third-order valence-corrected chi connectivity index (χ3v) is 2.51. The van der Waals surface area contributed by atoms with Crippen LogP contribution in [0, 0.1) is 12.3 Å². The summed E-state index contributed by atoms with van der Waals surface area (Å²) in [6, 6.07) is 4.10. The third-order valence-electron chi connectivity index (χ3n) is 2.51. The molecule has 88 valence electrons. The average molecular weight is 220 g/mol. The fraction of sp³-hybridized carbons (Fsp3) is 0.500. The molecule has 0 spiro atoms. The predicted octanol–water partition coefficient (Wildman–Crippen LogP) is 1.91. The number of nitrogen functional groups attached to an aromatic ring is 1. The van der Waals surface area contributed by atoms with E-state index in [1.54, 1.807) is 0 Å². The monoisotopic (exact) mass is 220 g/mol. The van der Waals surface area contributed by atoms with Crippen molar-refractivity contribution in [2.24, 2.45) is 5.73 Å². The molecule has 4 nitrogen and oxygen atoms in total. The number of anilines is 1. The topological polar surface area (TPSA) is 66.0 Å². The average Bonchev–Trinajstić information content (AvgIpc) is 2.17. The second-order valence-electron chi connectivity index (χ2n) is 4.15. The quantitative estimate of drug-likeness (QED) is 0.601. The number of nitrogens with one attached hydrogen (secondary N) is 1. The van der Waals surface area contributed by atoms with Crippen molar-refractivity contribution in [3.63, 3.8) is 0 Å². The lowest BCUT2D eigenvalue weighted by Crippen LogP contribution is -2.31. The molecular formula is C12H20N4. The minimum atomic E-state index is 0.0894. The predicted molar refractivity (Wildman–Crippen MR) is 68.1 cm³/mol. The van der Waals surface area contributed by atoms with E-state index in [1.165, 1.54) is 0 Å². The van der Waals surface area contributed by atoms with Crippen LogP contribution in [0.3, 0.4) is 0 Å². The Hall–Kier alpha value is -1.58. The fourth-order valence-corrected chi connectivity index (χ4v) is 1.75. The molecule has 0 saturated carbocycles. The number of aryl methyl sites for hydroxylation is 1.